The van der Waals surface area contributed by atoms with Crippen molar-refractivity contribution >= 4 is 20.0 Å². The summed E-state index contributed by atoms with van der Waals surface area (Å²) in [7, 11) is -1.64. The van der Waals surface area contributed by atoms with Crippen molar-refractivity contribution in [1.29, 1.82) is 0 Å². The van der Waals surface area contributed by atoms with Crippen molar-refractivity contribution in [2.45, 2.75) is 45.3 Å². The second kappa shape index (κ2) is 4.33. The molecule has 0 radical (unpaired) electrons. The number of pyridine rings is 1. The smallest absolute Gasteiger partial charge is 0.337 e. The summed E-state index contributed by atoms with van der Waals surface area (Å²) >= 11 is 0. The molecule has 0 amide bonds. The van der Waals surface area contributed by atoms with E-state index in [-0.39, 0.29) is 10.6 Å². The molecule has 1 aliphatic rings. The third-order valence-electron chi connectivity index (χ3n) is 4.56. The summed E-state index contributed by atoms with van der Waals surface area (Å²) in [5.74, 6) is 0.0951. The third kappa shape index (κ3) is 2.27. The standard InChI is InChI=1S/C14H22N2O2Si/c1-14(2,3)19(4,5)16-7-6-10-8-11(13(17)18)9-15-12(10)16/h8-9H,6-7H2,1-5H3,(H,17,18). The Morgan fingerprint density at radius 2 is 2.05 bits per heavy atom. The summed E-state index contributed by atoms with van der Waals surface area (Å²) in [6, 6.07) is 1.78. The molecule has 0 atom stereocenters. The molecule has 0 saturated heterocycles. The van der Waals surface area contributed by atoms with E-state index in [4.69, 9.17) is 5.11 Å². The van der Waals surface area contributed by atoms with Crippen LogP contribution in [0.15, 0.2) is 12.3 Å². The van der Waals surface area contributed by atoms with E-state index in [2.05, 4.69) is 43.4 Å². The molecular formula is C14H22N2O2Si. The number of aromatic nitrogens is 1. The zero-order valence-corrected chi connectivity index (χ0v) is 13.3. The fourth-order valence-electron chi connectivity index (χ4n) is 2.33. The number of carbonyl (C=O) groups is 1. The molecule has 2 heterocycles. The average Bonchev–Trinajstić information content (AvgIpc) is 2.70. The quantitative estimate of drug-likeness (QED) is 0.844. The maximum atomic E-state index is 11.0. The van der Waals surface area contributed by atoms with E-state index in [1.807, 2.05) is 0 Å². The van der Waals surface area contributed by atoms with Crippen LogP contribution in [-0.4, -0.2) is 30.8 Å². The van der Waals surface area contributed by atoms with E-state index < -0.39 is 14.2 Å². The first kappa shape index (κ1) is 14.1. The zero-order chi connectivity index (χ0) is 14.4. The van der Waals surface area contributed by atoms with Gasteiger partial charge in [0.2, 0.25) is 0 Å². The minimum Gasteiger partial charge on any atom is -0.478 e. The van der Waals surface area contributed by atoms with Gasteiger partial charge < -0.3 is 9.67 Å². The topological polar surface area (TPSA) is 53.4 Å². The van der Waals surface area contributed by atoms with E-state index in [9.17, 15) is 4.79 Å². The van der Waals surface area contributed by atoms with E-state index in [1.54, 1.807) is 6.07 Å². The van der Waals surface area contributed by atoms with Crippen molar-refractivity contribution in [3.8, 4) is 0 Å². The summed E-state index contributed by atoms with van der Waals surface area (Å²) in [6.45, 7) is 12.5. The Balaban J connectivity index is 2.41. The molecule has 0 bridgehead atoms. The Kier molecular flexibility index (Phi) is 3.21. The van der Waals surface area contributed by atoms with Gasteiger partial charge in [-0.25, -0.2) is 9.78 Å². The lowest BCUT2D eigenvalue weighted by Crippen LogP contribution is -2.54. The van der Waals surface area contributed by atoms with Crippen LogP contribution in [0.3, 0.4) is 0 Å². The Morgan fingerprint density at radius 3 is 2.58 bits per heavy atom. The molecule has 0 spiro atoms. The second-order valence-corrected chi connectivity index (χ2v) is 11.9. The predicted molar refractivity (Wildman–Crippen MR) is 79.4 cm³/mol. The van der Waals surface area contributed by atoms with Crippen molar-refractivity contribution in [2.24, 2.45) is 0 Å². The highest BCUT2D eigenvalue weighted by Gasteiger charge is 2.44. The monoisotopic (exact) mass is 278 g/mol. The lowest BCUT2D eigenvalue weighted by molar-refractivity contribution is 0.0696. The van der Waals surface area contributed by atoms with Gasteiger partial charge in [0, 0.05) is 12.7 Å². The van der Waals surface area contributed by atoms with Crippen LogP contribution in [0.25, 0.3) is 0 Å². The lowest BCUT2D eigenvalue weighted by Gasteiger charge is -2.44. The van der Waals surface area contributed by atoms with Gasteiger partial charge in [-0.15, -0.1) is 0 Å². The van der Waals surface area contributed by atoms with Crippen LogP contribution < -0.4 is 4.57 Å². The molecule has 0 aliphatic carbocycles. The van der Waals surface area contributed by atoms with Gasteiger partial charge in [-0.05, 0) is 23.1 Å². The molecule has 4 nitrogen and oxygen atoms in total. The van der Waals surface area contributed by atoms with Crippen molar-refractivity contribution in [3.63, 3.8) is 0 Å². The number of hydrogen-bond acceptors (Lipinski definition) is 3. The summed E-state index contributed by atoms with van der Waals surface area (Å²) in [6.07, 6.45) is 2.38. The van der Waals surface area contributed by atoms with Gasteiger partial charge in [-0.1, -0.05) is 33.9 Å². The number of carboxylic acid groups (broad SMARTS) is 1. The van der Waals surface area contributed by atoms with Gasteiger partial charge in [-0.3, -0.25) is 0 Å². The van der Waals surface area contributed by atoms with Crippen molar-refractivity contribution in [1.82, 2.24) is 4.98 Å². The van der Waals surface area contributed by atoms with E-state index >= 15 is 0 Å². The minimum absolute atomic E-state index is 0.252. The number of anilines is 1. The molecule has 104 valence electrons. The van der Waals surface area contributed by atoms with Crippen LogP contribution in [0.1, 0.15) is 36.7 Å². The SMILES string of the molecule is CC(C)(C)[Si](C)(C)N1CCc2cc(C(=O)O)cnc21. The average molecular weight is 278 g/mol. The molecule has 0 fully saturated rings. The molecule has 1 aromatic rings. The fraction of sp³-hybridized carbons (Fsp3) is 0.571. The first-order valence-electron chi connectivity index (χ1n) is 6.64. The van der Waals surface area contributed by atoms with Crippen LogP contribution in [0.4, 0.5) is 5.82 Å². The van der Waals surface area contributed by atoms with Gasteiger partial charge in [0.1, 0.15) is 5.82 Å². The molecule has 0 saturated carbocycles. The highest BCUT2D eigenvalue weighted by molar-refractivity contribution is 6.83. The molecule has 1 aromatic heterocycles. The first-order chi connectivity index (χ1) is 8.64. The van der Waals surface area contributed by atoms with Crippen LogP contribution in [0, 0.1) is 0 Å². The summed E-state index contributed by atoms with van der Waals surface area (Å²) in [5, 5.41) is 9.28. The molecule has 1 aliphatic heterocycles. The molecule has 0 unspecified atom stereocenters. The number of aromatic carboxylic acids is 1. The number of nitrogens with zero attached hydrogens (tertiary/aromatic N) is 2. The van der Waals surface area contributed by atoms with Gasteiger partial charge in [0.05, 0.1) is 5.56 Å². The molecule has 19 heavy (non-hydrogen) atoms. The van der Waals surface area contributed by atoms with Gasteiger partial charge >= 0.3 is 5.97 Å². The summed E-state index contributed by atoms with van der Waals surface area (Å²) < 4.78 is 2.44. The normalized spacial score (nSPS) is 15.5. The number of rotatable bonds is 2. The van der Waals surface area contributed by atoms with Gasteiger partial charge in [0.25, 0.3) is 0 Å². The lowest BCUT2D eigenvalue weighted by atomic mass is 10.2. The largest absolute Gasteiger partial charge is 0.478 e. The highest BCUT2D eigenvalue weighted by atomic mass is 28.3. The third-order valence-corrected chi connectivity index (χ3v) is 10.0. The van der Waals surface area contributed by atoms with Gasteiger partial charge in [-0.2, -0.15) is 0 Å². The minimum atomic E-state index is -1.64. The Labute approximate surface area is 115 Å². The fourth-order valence-corrected chi connectivity index (χ4v) is 4.55. The summed E-state index contributed by atoms with van der Waals surface area (Å²) in [5.41, 5.74) is 1.36. The van der Waals surface area contributed by atoms with Crippen LogP contribution in [-0.2, 0) is 6.42 Å². The molecule has 0 aromatic carbocycles. The van der Waals surface area contributed by atoms with Gasteiger partial charge in [0.15, 0.2) is 8.24 Å². The maximum Gasteiger partial charge on any atom is 0.337 e. The number of hydrogen-bond donors (Lipinski definition) is 1. The molecule has 1 N–H and O–H groups in total. The van der Waals surface area contributed by atoms with Crippen LogP contribution in [0.2, 0.25) is 18.1 Å². The Morgan fingerprint density at radius 1 is 1.42 bits per heavy atom. The summed E-state index contributed by atoms with van der Waals surface area (Å²) in [4.78, 5) is 15.4. The van der Waals surface area contributed by atoms with Crippen LogP contribution >= 0.6 is 0 Å². The highest BCUT2D eigenvalue weighted by Crippen LogP contribution is 2.42. The molecular weight excluding hydrogens is 256 g/mol. The number of fused-ring (bicyclic) bond motifs is 1. The van der Waals surface area contributed by atoms with Crippen LogP contribution in [0.5, 0.6) is 0 Å². The van der Waals surface area contributed by atoms with E-state index in [1.165, 1.54) is 6.20 Å². The first-order valence-corrected chi connectivity index (χ1v) is 9.59. The second-order valence-electron chi connectivity index (χ2n) is 6.72. The Bertz CT molecular complexity index is 521. The predicted octanol–water partition coefficient (Wildman–Crippen LogP) is 3.15. The van der Waals surface area contributed by atoms with E-state index in [0.29, 0.717) is 0 Å². The molecule has 2 rings (SSSR count). The van der Waals surface area contributed by atoms with Crippen molar-refractivity contribution < 1.29 is 9.90 Å². The Hall–Kier alpha value is -1.36. The zero-order valence-electron chi connectivity index (χ0n) is 12.3. The van der Waals surface area contributed by atoms with Crippen molar-refractivity contribution in [3.05, 3.63) is 23.4 Å². The number of carboxylic acids is 1. The van der Waals surface area contributed by atoms with Crippen molar-refractivity contribution in [2.75, 3.05) is 11.1 Å². The molecule has 5 heteroatoms. The maximum absolute atomic E-state index is 11.0. The van der Waals surface area contributed by atoms with E-state index in [0.717, 1.165) is 24.3 Å².